The molecule has 1 heterocycles. The van der Waals surface area contributed by atoms with Crippen LogP contribution in [0.2, 0.25) is 0 Å². The van der Waals surface area contributed by atoms with E-state index in [1.807, 2.05) is 6.92 Å². The molecule has 3 N–H and O–H groups in total. The summed E-state index contributed by atoms with van der Waals surface area (Å²) in [6.07, 6.45) is 0.830. The summed E-state index contributed by atoms with van der Waals surface area (Å²) in [5.74, 6) is -1.44. The predicted octanol–water partition coefficient (Wildman–Crippen LogP) is 0.571. The molecule has 0 aliphatic carbocycles. The van der Waals surface area contributed by atoms with Crippen LogP contribution < -0.4 is 10.6 Å². The van der Waals surface area contributed by atoms with Crippen molar-refractivity contribution in [3.05, 3.63) is 16.1 Å². The lowest BCUT2D eigenvalue weighted by Crippen LogP contribution is -2.27. The Hall–Kier alpha value is -1.47. The lowest BCUT2D eigenvalue weighted by molar-refractivity contribution is 0.0691. The summed E-state index contributed by atoms with van der Waals surface area (Å²) in [7, 11) is 0. The highest BCUT2D eigenvalue weighted by atomic mass is 32.1. The second kappa shape index (κ2) is 6.97. The molecule has 0 fully saturated rings. The van der Waals surface area contributed by atoms with E-state index in [4.69, 9.17) is 5.11 Å². The van der Waals surface area contributed by atoms with Gasteiger partial charge in [-0.05, 0) is 19.5 Å². The molecule has 6 nitrogen and oxygen atoms in total. The normalized spacial score (nSPS) is 10.2. The zero-order valence-electron chi connectivity index (χ0n) is 9.52. The van der Waals surface area contributed by atoms with E-state index in [0.29, 0.717) is 6.54 Å². The number of carbonyl (C=O) groups is 2. The Bertz CT molecular complexity index is 392. The minimum atomic E-state index is -1.12. The van der Waals surface area contributed by atoms with E-state index in [1.165, 1.54) is 5.38 Å². The molecular formula is C10H15N3O3S. The number of carboxylic acid groups (broad SMARTS) is 1. The number of carboxylic acids is 1. The molecule has 1 aromatic heterocycles. The SMILES string of the molecule is CCNCCCNC(=O)c1nc(C(=O)O)cs1. The zero-order chi connectivity index (χ0) is 12.7. The first-order valence-corrected chi connectivity index (χ1v) is 6.20. The molecule has 0 radical (unpaired) electrons. The number of hydrogen-bond donors (Lipinski definition) is 3. The molecule has 0 aliphatic heterocycles. The van der Waals surface area contributed by atoms with Crippen molar-refractivity contribution in [2.75, 3.05) is 19.6 Å². The number of nitrogens with zero attached hydrogens (tertiary/aromatic N) is 1. The molecule has 1 amide bonds. The number of rotatable bonds is 7. The molecule has 0 saturated carbocycles. The van der Waals surface area contributed by atoms with Crippen LogP contribution in [0.3, 0.4) is 0 Å². The van der Waals surface area contributed by atoms with E-state index >= 15 is 0 Å². The van der Waals surface area contributed by atoms with Gasteiger partial charge in [0.15, 0.2) is 10.7 Å². The molecular weight excluding hydrogens is 242 g/mol. The number of hydrogen-bond acceptors (Lipinski definition) is 5. The molecule has 0 unspecified atom stereocenters. The van der Waals surface area contributed by atoms with E-state index in [0.717, 1.165) is 30.8 Å². The fourth-order valence-corrected chi connectivity index (χ4v) is 1.85. The quantitative estimate of drug-likeness (QED) is 0.621. The molecule has 0 saturated heterocycles. The average molecular weight is 257 g/mol. The van der Waals surface area contributed by atoms with Gasteiger partial charge in [0.05, 0.1) is 0 Å². The minimum absolute atomic E-state index is 0.0900. The van der Waals surface area contributed by atoms with E-state index in [9.17, 15) is 9.59 Å². The molecule has 0 aliphatic rings. The van der Waals surface area contributed by atoms with Crippen LogP contribution in [0.4, 0.5) is 0 Å². The molecule has 0 bridgehead atoms. The van der Waals surface area contributed by atoms with E-state index in [2.05, 4.69) is 15.6 Å². The summed E-state index contributed by atoms with van der Waals surface area (Å²) >= 11 is 1.03. The first-order chi connectivity index (χ1) is 8.15. The van der Waals surface area contributed by atoms with Crippen molar-refractivity contribution in [3.63, 3.8) is 0 Å². The molecule has 17 heavy (non-hydrogen) atoms. The predicted molar refractivity (Wildman–Crippen MR) is 64.6 cm³/mol. The van der Waals surface area contributed by atoms with Crippen molar-refractivity contribution in [2.24, 2.45) is 0 Å². The number of carbonyl (C=O) groups excluding carboxylic acids is 1. The van der Waals surface area contributed by atoms with E-state index in [-0.39, 0.29) is 16.6 Å². The summed E-state index contributed by atoms with van der Waals surface area (Å²) in [5, 5.41) is 16.0. The maximum atomic E-state index is 11.5. The second-order valence-electron chi connectivity index (χ2n) is 3.31. The van der Waals surface area contributed by atoms with E-state index in [1.54, 1.807) is 0 Å². The minimum Gasteiger partial charge on any atom is -0.476 e. The Kier molecular flexibility index (Phi) is 5.58. The first-order valence-electron chi connectivity index (χ1n) is 5.33. The van der Waals surface area contributed by atoms with Gasteiger partial charge in [-0.25, -0.2) is 9.78 Å². The Balaban J connectivity index is 2.34. The Morgan fingerprint density at radius 1 is 1.47 bits per heavy atom. The van der Waals surface area contributed by atoms with Gasteiger partial charge in [0.1, 0.15) is 0 Å². The molecule has 0 aromatic carbocycles. The number of amides is 1. The van der Waals surface area contributed by atoms with Gasteiger partial charge in [0, 0.05) is 11.9 Å². The van der Waals surface area contributed by atoms with Crippen molar-refractivity contribution < 1.29 is 14.7 Å². The molecule has 7 heteroatoms. The molecule has 1 rings (SSSR count). The third-order valence-electron chi connectivity index (χ3n) is 1.98. The maximum absolute atomic E-state index is 11.5. The van der Waals surface area contributed by atoms with Crippen molar-refractivity contribution in [1.29, 1.82) is 0 Å². The lowest BCUT2D eigenvalue weighted by Gasteiger charge is -2.03. The summed E-state index contributed by atoms with van der Waals surface area (Å²) in [5.41, 5.74) is -0.0900. The van der Waals surface area contributed by atoms with Crippen molar-refractivity contribution in [2.45, 2.75) is 13.3 Å². The van der Waals surface area contributed by atoms with Gasteiger partial charge in [0.2, 0.25) is 0 Å². The topological polar surface area (TPSA) is 91.3 Å². The zero-order valence-corrected chi connectivity index (χ0v) is 10.3. The van der Waals surface area contributed by atoms with Crippen molar-refractivity contribution >= 4 is 23.2 Å². The Morgan fingerprint density at radius 3 is 2.82 bits per heavy atom. The van der Waals surface area contributed by atoms with Crippen LogP contribution >= 0.6 is 11.3 Å². The number of nitrogens with one attached hydrogen (secondary N) is 2. The summed E-state index contributed by atoms with van der Waals surface area (Å²) in [4.78, 5) is 25.8. The van der Waals surface area contributed by atoms with Crippen LogP contribution in [0.1, 0.15) is 33.6 Å². The molecule has 94 valence electrons. The van der Waals surface area contributed by atoms with Crippen molar-refractivity contribution in [1.82, 2.24) is 15.6 Å². The molecule has 1 aromatic rings. The van der Waals surface area contributed by atoms with Gasteiger partial charge in [-0.2, -0.15) is 0 Å². The summed E-state index contributed by atoms with van der Waals surface area (Å²) in [6.45, 7) is 4.31. The summed E-state index contributed by atoms with van der Waals surface area (Å²) < 4.78 is 0. The van der Waals surface area contributed by atoms with Crippen LogP contribution in [0.25, 0.3) is 0 Å². The highest BCUT2D eigenvalue weighted by Gasteiger charge is 2.13. The van der Waals surface area contributed by atoms with Gasteiger partial charge in [-0.15, -0.1) is 11.3 Å². The highest BCUT2D eigenvalue weighted by Crippen LogP contribution is 2.09. The smallest absolute Gasteiger partial charge is 0.355 e. The Labute approximate surface area is 103 Å². The lowest BCUT2D eigenvalue weighted by atomic mass is 10.4. The van der Waals surface area contributed by atoms with Crippen LogP contribution in [-0.2, 0) is 0 Å². The van der Waals surface area contributed by atoms with E-state index < -0.39 is 5.97 Å². The summed E-state index contributed by atoms with van der Waals surface area (Å²) in [6, 6.07) is 0. The average Bonchev–Trinajstić information content (AvgIpc) is 2.78. The van der Waals surface area contributed by atoms with Crippen LogP contribution in [0.15, 0.2) is 5.38 Å². The van der Waals surface area contributed by atoms with Crippen LogP contribution in [0, 0.1) is 0 Å². The molecule has 0 atom stereocenters. The second-order valence-corrected chi connectivity index (χ2v) is 4.16. The largest absolute Gasteiger partial charge is 0.476 e. The van der Waals surface area contributed by atoms with Gasteiger partial charge in [0.25, 0.3) is 5.91 Å². The third kappa shape index (κ3) is 4.49. The molecule has 0 spiro atoms. The standard InChI is InChI=1S/C10H15N3O3S/c1-2-11-4-3-5-12-8(14)9-13-7(6-17-9)10(15)16/h6,11H,2-5H2,1H3,(H,12,14)(H,15,16). The number of thiazole rings is 1. The highest BCUT2D eigenvalue weighted by molar-refractivity contribution is 7.11. The first kappa shape index (κ1) is 13.6. The van der Waals surface area contributed by atoms with Crippen LogP contribution in [0.5, 0.6) is 0 Å². The fraction of sp³-hybridized carbons (Fsp3) is 0.500. The van der Waals surface area contributed by atoms with Gasteiger partial charge in [-0.1, -0.05) is 6.92 Å². The van der Waals surface area contributed by atoms with Crippen molar-refractivity contribution in [3.8, 4) is 0 Å². The number of aromatic nitrogens is 1. The Morgan fingerprint density at radius 2 is 2.24 bits per heavy atom. The van der Waals surface area contributed by atoms with Gasteiger partial charge in [-0.3, -0.25) is 4.79 Å². The fourth-order valence-electron chi connectivity index (χ4n) is 1.14. The van der Waals surface area contributed by atoms with Gasteiger partial charge >= 0.3 is 5.97 Å². The maximum Gasteiger partial charge on any atom is 0.355 e. The number of aromatic carboxylic acids is 1. The third-order valence-corrected chi connectivity index (χ3v) is 2.82. The van der Waals surface area contributed by atoms with Crippen LogP contribution in [-0.4, -0.2) is 41.6 Å². The monoisotopic (exact) mass is 257 g/mol. The van der Waals surface area contributed by atoms with Gasteiger partial charge < -0.3 is 15.7 Å².